The summed E-state index contributed by atoms with van der Waals surface area (Å²) in [5.74, 6) is 5.33. The van der Waals surface area contributed by atoms with E-state index in [4.69, 9.17) is 5.84 Å². The van der Waals surface area contributed by atoms with Gasteiger partial charge >= 0.3 is 0 Å². The summed E-state index contributed by atoms with van der Waals surface area (Å²) in [5.41, 5.74) is 6.16. The minimum Gasteiger partial charge on any atom is -0.271 e. The molecule has 0 aliphatic rings. The van der Waals surface area contributed by atoms with Crippen molar-refractivity contribution in [3.63, 3.8) is 0 Å². The van der Waals surface area contributed by atoms with Crippen molar-refractivity contribution in [2.45, 2.75) is 19.9 Å². The SMILES string of the molecule is Cc1cc(F)cc(C(NN)c2ncccc2C)c1. The summed E-state index contributed by atoms with van der Waals surface area (Å²) in [6, 6.07) is 8.39. The van der Waals surface area contributed by atoms with Crippen LogP contribution in [0.3, 0.4) is 0 Å². The second-order valence-electron chi connectivity index (χ2n) is 4.37. The Kier molecular flexibility index (Phi) is 3.69. The number of pyridine rings is 1. The van der Waals surface area contributed by atoms with Gasteiger partial charge in [-0.05, 0) is 48.7 Å². The number of benzene rings is 1. The van der Waals surface area contributed by atoms with Crippen molar-refractivity contribution in [2.75, 3.05) is 0 Å². The van der Waals surface area contributed by atoms with Gasteiger partial charge in [-0.2, -0.15) is 0 Å². The highest BCUT2D eigenvalue weighted by Crippen LogP contribution is 2.23. The average molecular weight is 245 g/mol. The molecule has 0 spiro atoms. The molecule has 1 atom stereocenters. The van der Waals surface area contributed by atoms with Gasteiger partial charge in [0.05, 0.1) is 11.7 Å². The molecule has 1 heterocycles. The molecule has 0 radical (unpaired) electrons. The van der Waals surface area contributed by atoms with Gasteiger partial charge in [-0.1, -0.05) is 12.1 Å². The Hall–Kier alpha value is -1.78. The predicted octanol–water partition coefficient (Wildman–Crippen LogP) is 2.39. The lowest BCUT2D eigenvalue weighted by Gasteiger charge is -2.18. The highest BCUT2D eigenvalue weighted by molar-refractivity contribution is 5.34. The van der Waals surface area contributed by atoms with Crippen molar-refractivity contribution in [1.29, 1.82) is 0 Å². The molecule has 18 heavy (non-hydrogen) atoms. The molecule has 1 aromatic carbocycles. The topological polar surface area (TPSA) is 50.9 Å². The van der Waals surface area contributed by atoms with Crippen molar-refractivity contribution < 1.29 is 4.39 Å². The molecule has 2 rings (SSSR count). The maximum absolute atomic E-state index is 13.5. The highest BCUT2D eigenvalue weighted by atomic mass is 19.1. The van der Waals surface area contributed by atoms with Crippen LogP contribution in [0.1, 0.15) is 28.4 Å². The normalized spacial score (nSPS) is 12.4. The third-order valence-electron chi connectivity index (χ3n) is 2.89. The number of nitrogens with zero attached hydrogens (tertiary/aromatic N) is 1. The van der Waals surface area contributed by atoms with Gasteiger partial charge in [0.1, 0.15) is 5.82 Å². The van der Waals surface area contributed by atoms with Crippen molar-refractivity contribution in [3.05, 3.63) is 64.7 Å². The highest BCUT2D eigenvalue weighted by Gasteiger charge is 2.16. The number of aromatic nitrogens is 1. The Balaban J connectivity index is 2.48. The fraction of sp³-hybridized carbons (Fsp3) is 0.214. The first kappa shape index (κ1) is 12.7. The van der Waals surface area contributed by atoms with Crippen LogP contribution >= 0.6 is 0 Å². The molecule has 1 unspecified atom stereocenters. The molecule has 0 saturated carbocycles. The largest absolute Gasteiger partial charge is 0.271 e. The zero-order valence-electron chi connectivity index (χ0n) is 10.4. The Labute approximate surface area is 106 Å². The van der Waals surface area contributed by atoms with E-state index in [-0.39, 0.29) is 11.9 Å². The first-order valence-electron chi connectivity index (χ1n) is 5.76. The van der Waals surface area contributed by atoms with Gasteiger partial charge in [0.25, 0.3) is 0 Å². The van der Waals surface area contributed by atoms with Gasteiger partial charge in [-0.15, -0.1) is 0 Å². The van der Waals surface area contributed by atoms with Crippen molar-refractivity contribution in [1.82, 2.24) is 10.4 Å². The number of halogens is 1. The van der Waals surface area contributed by atoms with E-state index >= 15 is 0 Å². The number of nitrogens with two attached hydrogens (primary N) is 1. The summed E-state index contributed by atoms with van der Waals surface area (Å²) in [5, 5.41) is 0. The van der Waals surface area contributed by atoms with Crippen LogP contribution in [0.15, 0.2) is 36.5 Å². The molecule has 0 saturated heterocycles. The van der Waals surface area contributed by atoms with E-state index in [0.717, 1.165) is 22.4 Å². The Morgan fingerprint density at radius 3 is 2.67 bits per heavy atom. The number of hydrazine groups is 1. The average Bonchev–Trinajstić information content (AvgIpc) is 2.31. The second-order valence-corrected chi connectivity index (χ2v) is 4.37. The molecule has 4 heteroatoms. The lowest BCUT2D eigenvalue weighted by molar-refractivity contribution is 0.594. The van der Waals surface area contributed by atoms with E-state index < -0.39 is 0 Å². The maximum Gasteiger partial charge on any atom is 0.123 e. The smallest absolute Gasteiger partial charge is 0.123 e. The Morgan fingerprint density at radius 2 is 2.06 bits per heavy atom. The zero-order valence-corrected chi connectivity index (χ0v) is 10.4. The summed E-state index contributed by atoms with van der Waals surface area (Å²) in [6.45, 7) is 3.81. The zero-order chi connectivity index (χ0) is 13.1. The molecule has 3 nitrogen and oxygen atoms in total. The monoisotopic (exact) mass is 245 g/mol. The van der Waals surface area contributed by atoms with E-state index in [1.165, 1.54) is 12.1 Å². The van der Waals surface area contributed by atoms with Gasteiger partial charge < -0.3 is 0 Å². The molecule has 1 aromatic heterocycles. The summed E-state index contributed by atoms with van der Waals surface area (Å²) < 4.78 is 13.5. The molecule has 94 valence electrons. The van der Waals surface area contributed by atoms with Crippen LogP contribution in [0.5, 0.6) is 0 Å². The Bertz CT molecular complexity index is 534. The molecule has 0 bridgehead atoms. The summed E-state index contributed by atoms with van der Waals surface area (Å²) >= 11 is 0. The molecule has 2 aromatic rings. The molecule has 0 aliphatic heterocycles. The predicted molar refractivity (Wildman–Crippen MR) is 69.3 cm³/mol. The van der Waals surface area contributed by atoms with Crippen LogP contribution in [0.2, 0.25) is 0 Å². The Morgan fingerprint density at radius 1 is 1.28 bits per heavy atom. The van der Waals surface area contributed by atoms with E-state index in [0.29, 0.717) is 0 Å². The molecule has 0 aliphatic carbocycles. The van der Waals surface area contributed by atoms with Gasteiger partial charge in [0.2, 0.25) is 0 Å². The molecular weight excluding hydrogens is 229 g/mol. The van der Waals surface area contributed by atoms with Crippen LogP contribution in [-0.4, -0.2) is 4.98 Å². The number of hydrogen-bond acceptors (Lipinski definition) is 3. The summed E-state index contributed by atoms with van der Waals surface area (Å²) in [4.78, 5) is 4.32. The second kappa shape index (κ2) is 5.25. The molecule has 0 fully saturated rings. The van der Waals surface area contributed by atoms with Gasteiger partial charge in [-0.3, -0.25) is 10.8 Å². The van der Waals surface area contributed by atoms with Crippen LogP contribution in [0.25, 0.3) is 0 Å². The van der Waals surface area contributed by atoms with Crippen LogP contribution < -0.4 is 11.3 Å². The van der Waals surface area contributed by atoms with Gasteiger partial charge in [0.15, 0.2) is 0 Å². The van der Waals surface area contributed by atoms with Crippen molar-refractivity contribution in [3.8, 4) is 0 Å². The van der Waals surface area contributed by atoms with Crippen molar-refractivity contribution >= 4 is 0 Å². The standard InChI is InChI=1S/C14H16FN3/c1-9-6-11(8-12(15)7-9)14(18-16)13-10(2)4-3-5-17-13/h3-8,14,18H,16H2,1-2H3. The number of aryl methyl sites for hydroxylation is 2. The quantitative estimate of drug-likeness (QED) is 0.645. The third-order valence-corrected chi connectivity index (χ3v) is 2.89. The number of rotatable bonds is 3. The van der Waals surface area contributed by atoms with E-state index in [1.54, 1.807) is 6.20 Å². The van der Waals surface area contributed by atoms with E-state index in [2.05, 4.69) is 10.4 Å². The third kappa shape index (κ3) is 2.55. The molecular formula is C14H16FN3. The van der Waals surface area contributed by atoms with Crippen LogP contribution in [0, 0.1) is 19.7 Å². The van der Waals surface area contributed by atoms with Crippen LogP contribution in [0.4, 0.5) is 4.39 Å². The summed E-state index contributed by atoms with van der Waals surface area (Å²) in [7, 11) is 0. The minimum absolute atomic E-state index is 0.265. The fourth-order valence-corrected chi connectivity index (χ4v) is 2.06. The number of hydrogen-bond donors (Lipinski definition) is 2. The maximum atomic E-state index is 13.5. The first-order chi connectivity index (χ1) is 8.61. The lowest BCUT2D eigenvalue weighted by atomic mass is 9.99. The van der Waals surface area contributed by atoms with Crippen LogP contribution in [-0.2, 0) is 0 Å². The molecule has 0 amide bonds. The van der Waals surface area contributed by atoms with E-state index in [1.807, 2.05) is 32.0 Å². The van der Waals surface area contributed by atoms with Gasteiger partial charge in [-0.25, -0.2) is 9.82 Å². The summed E-state index contributed by atoms with van der Waals surface area (Å²) in [6.07, 6.45) is 1.71. The first-order valence-corrected chi connectivity index (χ1v) is 5.76. The minimum atomic E-state index is -0.305. The molecule has 3 N–H and O–H groups in total. The lowest BCUT2D eigenvalue weighted by Crippen LogP contribution is -2.30. The van der Waals surface area contributed by atoms with Gasteiger partial charge in [0, 0.05) is 6.20 Å². The number of nitrogens with one attached hydrogen (secondary N) is 1. The van der Waals surface area contributed by atoms with E-state index in [9.17, 15) is 4.39 Å². The fourth-order valence-electron chi connectivity index (χ4n) is 2.06. The van der Waals surface area contributed by atoms with Crippen molar-refractivity contribution in [2.24, 2.45) is 5.84 Å².